The first-order chi connectivity index (χ1) is 14.5. The number of ether oxygens (including phenoxy) is 3. The second-order valence-corrected chi connectivity index (χ2v) is 7.52. The zero-order valence-electron chi connectivity index (χ0n) is 18.3. The zero-order chi connectivity index (χ0) is 21.5. The number of aryl methyl sites for hydroxylation is 1. The second-order valence-electron chi connectivity index (χ2n) is 7.52. The van der Waals surface area contributed by atoms with E-state index >= 15 is 0 Å². The second kappa shape index (κ2) is 10.4. The van der Waals surface area contributed by atoms with Gasteiger partial charge in [0, 0.05) is 43.4 Å². The minimum Gasteiger partial charge on any atom is -0.497 e. The van der Waals surface area contributed by atoms with E-state index < -0.39 is 0 Å². The molecule has 1 aromatic carbocycles. The lowest BCUT2D eigenvalue weighted by Crippen LogP contribution is -2.39. The van der Waals surface area contributed by atoms with Crippen molar-refractivity contribution in [2.24, 2.45) is 0 Å². The van der Waals surface area contributed by atoms with Crippen molar-refractivity contribution in [1.82, 2.24) is 14.9 Å². The van der Waals surface area contributed by atoms with Gasteiger partial charge in [-0.15, -0.1) is 0 Å². The van der Waals surface area contributed by atoms with E-state index in [0.29, 0.717) is 37.1 Å². The van der Waals surface area contributed by atoms with Crippen LogP contribution in [-0.4, -0.2) is 54.7 Å². The van der Waals surface area contributed by atoms with Gasteiger partial charge in [0.1, 0.15) is 17.3 Å². The van der Waals surface area contributed by atoms with Gasteiger partial charge in [0.15, 0.2) is 0 Å². The lowest BCUT2D eigenvalue weighted by Gasteiger charge is -2.32. The van der Waals surface area contributed by atoms with Gasteiger partial charge >= 0.3 is 0 Å². The Labute approximate surface area is 178 Å². The average molecular weight is 414 g/mol. The van der Waals surface area contributed by atoms with Crippen LogP contribution in [0.4, 0.5) is 0 Å². The van der Waals surface area contributed by atoms with E-state index in [2.05, 4.69) is 4.98 Å². The predicted octanol–water partition coefficient (Wildman–Crippen LogP) is 3.29. The highest BCUT2D eigenvalue weighted by molar-refractivity contribution is 5.79. The number of likely N-dealkylation sites (tertiary alicyclic amines) is 1. The number of rotatable bonds is 8. The van der Waals surface area contributed by atoms with E-state index in [-0.39, 0.29) is 5.91 Å². The van der Waals surface area contributed by atoms with Crippen molar-refractivity contribution in [2.45, 2.75) is 45.6 Å². The summed E-state index contributed by atoms with van der Waals surface area (Å²) in [6.45, 7) is 6.54. The van der Waals surface area contributed by atoms with Gasteiger partial charge in [0.05, 0.1) is 32.9 Å². The van der Waals surface area contributed by atoms with Crippen molar-refractivity contribution in [2.75, 3.05) is 33.9 Å². The Morgan fingerprint density at radius 2 is 1.80 bits per heavy atom. The molecule has 7 nitrogen and oxygen atoms in total. The fourth-order valence-electron chi connectivity index (χ4n) is 3.85. The number of piperidine rings is 1. The molecule has 1 aromatic heterocycles. The van der Waals surface area contributed by atoms with E-state index in [4.69, 9.17) is 19.2 Å². The highest BCUT2D eigenvalue weighted by atomic mass is 16.5. The van der Waals surface area contributed by atoms with Crippen LogP contribution in [0.25, 0.3) is 0 Å². The van der Waals surface area contributed by atoms with Gasteiger partial charge in [-0.25, -0.2) is 9.97 Å². The molecule has 2 aromatic rings. The number of benzene rings is 1. The molecule has 1 amide bonds. The van der Waals surface area contributed by atoms with Crippen LogP contribution in [-0.2, 0) is 22.6 Å². The Morgan fingerprint density at radius 3 is 2.40 bits per heavy atom. The van der Waals surface area contributed by atoms with Crippen LogP contribution in [0, 0.1) is 6.92 Å². The third kappa shape index (κ3) is 5.48. The minimum atomic E-state index is 0.122. The maximum Gasteiger partial charge on any atom is 0.226 e. The summed E-state index contributed by atoms with van der Waals surface area (Å²) in [4.78, 5) is 23.8. The van der Waals surface area contributed by atoms with Crippen molar-refractivity contribution in [3.8, 4) is 11.5 Å². The molecule has 0 bridgehead atoms. The highest BCUT2D eigenvalue weighted by Gasteiger charge is 2.26. The van der Waals surface area contributed by atoms with E-state index in [9.17, 15) is 4.79 Å². The van der Waals surface area contributed by atoms with Crippen LogP contribution < -0.4 is 9.47 Å². The molecule has 1 aliphatic heterocycles. The van der Waals surface area contributed by atoms with Crippen LogP contribution in [0.15, 0.2) is 24.4 Å². The molecule has 0 radical (unpaired) electrons. The quantitative estimate of drug-likeness (QED) is 0.661. The summed E-state index contributed by atoms with van der Waals surface area (Å²) in [6, 6.07) is 5.58. The first-order valence-electron chi connectivity index (χ1n) is 10.4. The molecule has 0 aliphatic carbocycles. The van der Waals surface area contributed by atoms with E-state index in [0.717, 1.165) is 48.6 Å². The summed E-state index contributed by atoms with van der Waals surface area (Å²) in [5, 5.41) is 0. The summed E-state index contributed by atoms with van der Waals surface area (Å²) < 4.78 is 16.2. The summed E-state index contributed by atoms with van der Waals surface area (Å²) in [7, 11) is 3.22. The van der Waals surface area contributed by atoms with Crippen LogP contribution >= 0.6 is 0 Å². The third-order valence-corrected chi connectivity index (χ3v) is 5.48. The number of hydrogen-bond donors (Lipinski definition) is 0. The normalized spacial score (nSPS) is 14.6. The Balaban J connectivity index is 1.63. The van der Waals surface area contributed by atoms with Crippen molar-refractivity contribution in [1.29, 1.82) is 0 Å². The number of carbonyl (C=O) groups is 1. The molecule has 0 N–H and O–H groups in total. The minimum absolute atomic E-state index is 0.122. The number of nitrogens with zero attached hydrogens (tertiary/aromatic N) is 3. The first kappa shape index (κ1) is 22.0. The molecule has 7 heteroatoms. The number of aromatic nitrogens is 2. The molecule has 30 heavy (non-hydrogen) atoms. The van der Waals surface area contributed by atoms with Gasteiger partial charge in [0.2, 0.25) is 5.91 Å². The number of methoxy groups -OCH3 is 2. The van der Waals surface area contributed by atoms with Gasteiger partial charge in [-0.05, 0) is 44.4 Å². The lowest BCUT2D eigenvalue weighted by molar-refractivity contribution is -0.131. The lowest BCUT2D eigenvalue weighted by atomic mass is 9.90. The van der Waals surface area contributed by atoms with Crippen molar-refractivity contribution < 1.29 is 19.0 Å². The molecule has 1 saturated heterocycles. The molecule has 0 saturated carbocycles. The van der Waals surface area contributed by atoms with Gasteiger partial charge in [0.25, 0.3) is 0 Å². The number of amides is 1. The Morgan fingerprint density at radius 1 is 1.13 bits per heavy atom. The SMILES string of the molecule is CCOCc1cnc(C)nc1C1CCN(C(=O)Cc2cc(OC)cc(OC)c2)CC1. The number of carbonyl (C=O) groups excluding carboxylic acids is 1. The smallest absolute Gasteiger partial charge is 0.226 e. The Kier molecular flexibility index (Phi) is 7.63. The maximum atomic E-state index is 12.9. The van der Waals surface area contributed by atoms with Crippen LogP contribution in [0.1, 0.15) is 48.3 Å². The molecular formula is C23H31N3O4. The predicted molar refractivity (Wildman–Crippen MR) is 114 cm³/mol. The zero-order valence-corrected chi connectivity index (χ0v) is 18.3. The number of hydrogen-bond acceptors (Lipinski definition) is 6. The molecule has 0 atom stereocenters. The average Bonchev–Trinajstić information content (AvgIpc) is 2.78. The molecule has 0 spiro atoms. The Hall–Kier alpha value is -2.67. The van der Waals surface area contributed by atoms with Gasteiger partial charge in [-0.3, -0.25) is 4.79 Å². The summed E-state index contributed by atoms with van der Waals surface area (Å²) in [6.07, 6.45) is 3.99. The largest absolute Gasteiger partial charge is 0.497 e. The van der Waals surface area contributed by atoms with Crippen molar-refractivity contribution in [3.05, 3.63) is 47.0 Å². The monoisotopic (exact) mass is 413 g/mol. The molecule has 3 rings (SSSR count). The van der Waals surface area contributed by atoms with Crippen LogP contribution in [0.3, 0.4) is 0 Å². The topological polar surface area (TPSA) is 73.8 Å². The molecule has 1 aliphatic rings. The summed E-state index contributed by atoms with van der Waals surface area (Å²) in [5.41, 5.74) is 3.01. The molecule has 0 unspecified atom stereocenters. The van der Waals surface area contributed by atoms with E-state index in [1.807, 2.05) is 43.1 Å². The summed E-state index contributed by atoms with van der Waals surface area (Å²) >= 11 is 0. The molecule has 162 valence electrons. The Bertz CT molecular complexity index is 841. The van der Waals surface area contributed by atoms with Gasteiger partial charge < -0.3 is 19.1 Å². The van der Waals surface area contributed by atoms with E-state index in [1.165, 1.54) is 0 Å². The van der Waals surface area contributed by atoms with Crippen molar-refractivity contribution in [3.63, 3.8) is 0 Å². The van der Waals surface area contributed by atoms with Crippen LogP contribution in [0.5, 0.6) is 11.5 Å². The molecule has 2 heterocycles. The standard InChI is InChI=1S/C23H31N3O4/c1-5-30-15-19-14-24-16(2)25-23(19)18-6-8-26(9-7-18)22(27)12-17-10-20(28-3)13-21(11-17)29-4/h10-11,13-14,18H,5-9,12,15H2,1-4H3. The first-order valence-corrected chi connectivity index (χ1v) is 10.4. The van der Waals surface area contributed by atoms with Gasteiger partial charge in [-0.1, -0.05) is 0 Å². The molecule has 1 fully saturated rings. The molecular weight excluding hydrogens is 382 g/mol. The van der Waals surface area contributed by atoms with E-state index in [1.54, 1.807) is 14.2 Å². The van der Waals surface area contributed by atoms with Crippen molar-refractivity contribution >= 4 is 5.91 Å². The third-order valence-electron chi connectivity index (χ3n) is 5.48. The van der Waals surface area contributed by atoms with Crippen LogP contribution in [0.2, 0.25) is 0 Å². The maximum absolute atomic E-state index is 12.9. The summed E-state index contributed by atoms with van der Waals surface area (Å²) in [5.74, 6) is 2.60. The van der Waals surface area contributed by atoms with Gasteiger partial charge in [-0.2, -0.15) is 0 Å². The fraction of sp³-hybridized carbons (Fsp3) is 0.522. The fourth-order valence-corrected chi connectivity index (χ4v) is 3.85. The highest BCUT2D eigenvalue weighted by Crippen LogP contribution is 2.30.